The molecule has 86 valence electrons. The van der Waals surface area contributed by atoms with E-state index in [1.54, 1.807) is 18.5 Å². The number of rotatable bonds is 4. The minimum absolute atomic E-state index is 0.0828. The van der Waals surface area contributed by atoms with Crippen molar-refractivity contribution in [3.8, 4) is 0 Å². The minimum Gasteiger partial charge on any atom is -0.314 e. The fourth-order valence-corrected chi connectivity index (χ4v) is 1.47. The predicted molar refractivity (Wildman–Crippen MR) is 59.9 cm³/mol. The first-order valence-electron chi connectivity index (χ1n) is 5.23. The van der Waals surface area contributed by atoms with Gasteiger partial charge in [-0.05, 0) is 13.1 Å². The molecule has 1 fully saturated rings. The Bertz CT molecular complexity index is 351. The van der Waals surface area contributed by atoms with Gasteiger partial charge in [-0.15, -0.1) is 0 Å². The molecule has 6 heteroatoms. The molecule has 0 atom stereocenters. The Kier molecular flexibility index (Phi) is 3.43. The van der Waals surface area contributed by atoms with Crippen molar-refractivity contribution in [2.45, 2.75) is 6.04 Å². The van der Waals surface area contributed by atoms with Crippen LogP contribution in [0.3, 0.4) is 0 Å². The van der Waals surface area contributed by atoms with Crippen molar-refractivity contribution in [3.05, 3.63) is 18.5 Å². The van der Waals surface area contributed by atoms with Crippen LogP contribution in [0.2, 0.25) is 0 Å². The number of hydrogen-bond acceptors (Lipinski definition) is 5. The first kappa shape index (κ1) is 11.0. The lowest BCUT2D eigenvalue weighted by atomic mass is 10.1. The van der Waals surface area contributed by atoms with Crippen molar-refractivity contribution in [2.24, 2.45) is 0 Å². The summed E-state index contributed by atoms with van der Waals surface area (Å²) in [6.07, 6.45) is 3.20. The zero-order chi connectivity index (χ0) is 11.4. The van der Waals surface area contributed by atoms with Gasteiger partial charge < -0.3 is 5.32 Å². The lowest BCUT2D eigenvalue weighted by Crippen LogP contribution is -2.57. The van der Waals surface area contributed by atoms with Gasteiger partial charge in [0.25, 0.3) is 0 Å². The van der Waals surface area contributed by atoms with Crippen molar-refractivity contribution in [1.29, 1.82) is 0 Å². The van der Waals surface area contributed by atoms with Crippen molar-refractivity contribution >= 4 is 11.9 Å². The minimum atomic E-state index is -0.0828. The van der Waals surface area contributed by atoms with Gasteiger partial charge in [-0.25, -0.2) is 9.97 Å². The Morgan fingerprint density at radius 3 is 2.81 bits per heavy atom. The van der Waals surface area contributed by atoms with Gasteiger partial charge in [-0.2, -0.15) is 0 Å². The fourth-order valence-electron chi connectivity index (χ4n) is 1.47. The molecule has 0 radical (unpaired) electrons. The van der Waals surface area contributed by atoms with Gasteiger partial charge in [-0.3, -0.25) is 15.0 Å². The van der Waals surface area contributed by atoms with Crippen molar-refractivity contribution in [1.82, 2.24) is 20.2 Å². The average molecular weight is 221 g/mol. The van der Waals surface area contributed by atoms with Gasteiger partial charge in [0.05, 0.1) is 6.54 Å². The normalized spacial score (nSPS) is 15.9. The quantitative estimate of drug-likeness (QED) is 0.705. The van der Waals surface area contributed by atoms with Crippen LogP contribution in [0.4, 0.5) is 5.95 Å². The van der Waals surface area contributed by atoms with E-state index < -0.39 is 0 Å². The van der Waals surface area contributed by atoms with Crippen LogP contribution in [-0.2, 0) is 4.79 Å². The highest BCUT2D eigenvalue weighted by atomic mass is 16.2. The summed E-state index contributed by atoms with van der Waals surface area (Å²) in [4.78, 5) is 21.5. The second-order valence-electron chi connectivity index (χ2n) is 3.85. The zero-order valence-electron chi connectivity index (χ0n) is 9.18. The second-order valence-corrected chi connectivity index (χ2v) is 3.85. The molecule has 2 heterocycles. The van der Waals surface area contributed by atoms with Crippen LogP contribution >= 0.6 is 0 Å². The first-order valence-corrected chi connectivity index (χ1v) is 5.23. The number of amides is 1. The van der Waals surface area contributed by atoms with Gasteiger partial charge >= 0.3 is 0 Å². The van der Waals surface area contributed by atoms with E-state index in [9.17, 15) is 4.79 Å². The van der Waals surface area contributed by atoms with Crippen LogP contribution in [0.25, 0.3) is 0 Å². The van der Waals surface area contributed by atoms with E-state index in [4.69, 9.17) is 0 Å². The summed E-state index contributed by atoms with van der Waals surface area (Å²) in [6.45, 7) is 2.27. The summed E-state index contributed by atoms with van der Waals surface area (Å²) < 4.78 is 0. The molecular formula is C10H15N5O. The number of aromatic nitrogens is 2. The molecule has 1 aromatic rings. The molecule has 1 aliphatic heterocycles. The largest absolute Gasteiger partial charge is 0.314 e. The summed E-state index contributed by atoms with van der Waals surface area (Å²) in [7, 11) is 1.94. The highest BCUT2D eigenvalue weighted by Crippen LogP contribution is 2.02. The van der Waals surface area contributed by atoms with E-state index in [0.29, 0.717) is 18.5 Å². The Labute approximate surface area is 94.1 Å². The molecule has 1 aromatic heterocycles. The number of carbonyl (C=O) groups excluding carboxylic acids is 1. The molecule has 0 spiro atoms. The molecule has 0 unspecified atom stereocenters. The number of nitrogens with one attached hydrogen (secondary N) is 2. The summed E-state index contributed by atoms with van der Waals surface area (Å²) in [5, 5.41) is 5.82. The van der Waals surface area contributed by atoms with Gasteiger partial charge in [-0.1, -0.05) is 0 Å². The summed E-state index contributed by atoms with van der Waals surface area (Å²) in [5.41, 5.74) is 0. The molecule has 0 bridgehead atoms. The number of nitrogens with zero attached hydrogens (tertiary/aromatic N) is 3. The van der Waals surface area contributed by atoms with Gasteiger partial charge in [0.1, 0.15) is 0 Å². The SMILES string of the molecule is CN(CC(=O)Nc1ncccn1)C1CNC1. The van der Waals surface area contributed by atoms with E-state index in [1.165, 1.54) is 0 Å². The monoisotopic (exact) mass is 221 g/mol. The molecular weight excluding hydrogens is 206 g/mol. The van der Waals surface area contributed by atoms with Crippen LogP contribution in [0.15, 0.2) is 18.5 Å². The number of likely N-dealkylation sites (N-methyl/N-ethyl adjacent to an activating group) is 1. The number of anilines is 1. The molecule has 0 saturated carbocycles. The highest BCUT2D eigenvalue weighted by Gasteiger charge is 2.22. The zero-order valence-corrected chi connectivity index (χ0v) is 9.18. The molecule has 0 aliphatic carbocycles. The summed E-state index contributed by atoms with van der Waals surface area (Å²) in [6, 6.07) is 2.17. The van der Waals surface area contributed by atoms with Crippen molar-refractivity contribution in [2.75, 3.05) is 32.0 Å². The molecule has 1 amide bonds. The third kappa shape index (κ3) is 2.74. The smallest absolute Gasteiger partial charge is 0.240 e. The van der Waals surface area contributed by atoms with Crippen molar-refractivity contribution in [3.63, 3.8) is 0 Å². The third-order valence-corrected chi connectivity index (χ3v) is 2.59. The van der Waals surface area contributed by atoms with Crippen LogP contribution in [0.5, 0.6) is 0 Å². The fraction of sp³-hybridized carbons (Fsp3) is 0.500. The maximum atomic E-state index is 11.6. The predicted octanol–water partition coefficient (Wildman–Crippen LogP) is -0.681. The van der Waals surface area contributed by atoms with Crippen molar-refractivity contribution < 1.29 is 4.79 Å². The molecule has 6 nitrogen and oxygen atoms in total. The molecule has 1 saturated heterocycles. The maximum Gasteiger partial charge on any atom is 0.240 e. The topological polar surface area (TPSA) is 70.2 Å². The molecule has 1 aliphatic rings. The van der Waals surface area contributed by atoms with E-state index in [-0.39, 0.29) is 5.91 Å². The lowest BCUT2D eigenvalue weighted by molar-refractivity contribution is -0.117. The Balaban J connectivity index is 1.80. The summed E-state index contributed by atoms with van der Waals surface area (Å²) >= 11 is 0. The Hall–Kier alpha value is -1.53. The summed E-state index contributed by atoms with van der Waals surface area (Å²) in [5.74, 6) is 0.272. The number of hydrogen-bond donors (Lipinski definition) is 2. The highest BCUT2D eigenvalue weighted by molar-refractivity contribution is 5.90. The second kappa shape index (κ2) is 5.00. The van der Waals surface area contributed by atoms with Crippen LogP contribution < -0.4 is 10.6 Å². The Morgan fingerprint density at radius 1 is 1.56 bits per heavy atom. The van der Waals surface area contributed by atoms with Crippen LogP contribution in [0, 0.1) is 0 Å². The van der Waals surface area contributed by atoms with Crippen LogP contribution in [0.1, 0.15) is 0 Å². The van der Waals surface area contributed by atoms with E-state index in [2.05, 4.69) is 20.6 Å². The lowest BCUT2D eigenvalue weighted by Gasteiger charge is -2.35. The molecule has 16 heavy (non-hydrogen) atoms. The Morgan fingerprint density at radius 2 is 2.25 bits per heavy atom. The van der Waals surface area contributed by atoms with Crippen LogP contribution in [-0.4, -0.2) is 53.5 Å². The van der Waals surface area contributed by atoms with Gasteiger partial charge in [0.2, 0.25) is 11.9 Å². The molecule has 0 aromatic carbocycles. The third-order valence-electron chi connectivity index (χ3n) is 2.59. The van der Waals surface area contributed by atoms with E-state index in [0.717, 1.165) is 13.1 Å². The first-order chi connectivity index (χ1) is 7.75. The molecule has 2 rings (SSSR count). The van der Waals surface area contributed by atoms with Gasteiger partial charge in [0, 0.05) is 31.5 Å². The number of carbonyl (C=O) groups is 1. The average Bonchev–Trinajstić information content (AvgIpc) is 2.15. The van der Waals surface area contributed by atoms with Gasteiger partial charge in [0.15, 0.2) is 0 Å². The standard InChI is InChI=1S/C10H15N5O/c1-15(8-5-11-6-8)7-9(16)14-10-12-3-2-4-13-10/h2-4,8,11H,5-7H2,1H3,(H,12,13,14,16). The molecule has 2 N–H and O–H groups in total. The maximum absolute atomic E-state index is 11.6. The van der Waals surface area contributed by atoms with E-state index >= 15 is 0 Å². The van der Waals surface area contributed by atoms with E-state index in [1.807, 2.05) is 11.9 Å².